The Kier molecular flexibility index (Phi) is 3.50. The molecule has 0 fully saturated rings. The van der Waals surface area contributed by atoms with Crippen molar-refractivity contribution in [2.24, 2.45) is 0 Å². The highest BCUT2D eigenvalue weighted by atomic mass is 19.1. The molecular weight excluding hydrogens is 167 g/mol. The third-order valence-corrected chi connectivity index (χ3v) is 1.86. The van der Waals surface area contributed by atoms with Crippen molar-refractivity contribution in [1.29, 1.82) is 0 Å². The van der Waals surface area contributed by atoms with E-state index in [0.29, 0.717) is 0 Å². The molecule has 0 saturated carbocycles. The van der Waals surface area contributed by atoms with E-state index in [1.807, 2.05) is 6.92 Å². The van der Waals surface area contributed by atoms with Crippen LogP contribution < -0.4 is 0 Å². The first kappa shape index (κ1) is 9.78. The van der Waals surface area contributed by atoms with E-state index in [1.54, 1.807) is 25.5 Å². The van der Waals surface area contributed by atoms with Gasteiger partial charge < -0.3 is 4.74 Å². The quantitative estimate of drug-likeness (QED) is 0.649. The zero-order valence-corrected chi connectivity index (χ0v) is 7.88. The second-order valence-corrected chi connectivity index (χ2v) is 2.74. The van der Waals surface area contributed by atoms with Gasteiger partial charge in [0, 0.05) is 0 Å². The van der Waals surface area contributed by atoms with Gasteiger partial charge in [0.2, 0.25) is 0 Å². The Morgan fingerprint density at radius 1 is 1.38 bits per heavy atom. The van der Waals surface area contributed by atoms with Crippen molar-refractivity contribution in [2.75, 3.05) is 7.11 Å². The van der Waals surface area contributed by atoms with Crippen molar-refractivity contribution in [3.05, 3.63) is 41.9 Å². The third kappa shape index (κ3) is 2.58. The van der Waals surface area contributed by atoms with Gasteiger partial charge in [0.15, 0.2) is 0 Å². The second kappa shape index (κ2) is 4.65. The zero-order valence-electron chi connectivity index (χ0n) is 7.88. The lowest BCUT2D eigenvalue weighted by atomic mass is 10.1. The molecule has 13 heavy (non-hydrogen) atoms. The van der Waals surface area contributed by atoms with Gasteiger partial charge in [0.25, 0.3) is 0 Å². The lowest BCUT2D eigenvalue weighted by Crippen LogP contribution is -1.84. The minimum atomic E-state index is -0.211. The molecule has 0 N–H and O–H groups in total. The molecule has 1 aromatic carbocycles. The Bertz CT molecular complexity index is 287. The standard InChI is InChI=1S/C11H13FO/c1-3-9(8-13-2)10-4-6-11(12)7-5-10/h4-8H,3H2,1-2H3/b9-8+. The second-order valence-electron chi connectivity index (χ2n) is 2.74. The van der Waals surface area contributed by atoms with E-state index in [0.717, 1.165) is 17.6 Å². The summed E-state index contributed by atoms with van der Waals surface area (Å²) in [6.07, 6.45) is 2.56. The molecule has 0 spiro atoms. The number of benzene rings is 1. The van der Waals surface area contributed by atoms with Crippen molar-refractivity contribution in [1.82, 2.24) is 0 Å². The van der Waals surface area contributed by atoms with Crippen LogP contribution in [0.1, 0.15) is 18.9 Å². The van der Waals surface area contributed by atoms with Crippen LogP contribution in [0, 0.1) is 5.82 Å². The van der Waals surface area contributed by atoms with Crippen molar-refractivity contribution in [3.63, 3.8) is 0 Å². The van der Waals surface area contributed by atoms with Gasteiger partial charge in [0.1, 0.15) is 5.82 Å². The molecule has 1 rings (SSSR count). The Balaban J connectivity index is 2.92. The molecule has 1 aromatic rings. The number of halogens is 1. The molecule has 0 aromatic heterocycles. The van der Waals surface area contributed by atoms with E-state index < -0.39 is 0 Å². The number of hydrogen-bond donors (Lipinski definition) is 0. The van der Waals surface area contributed by atoms with Gasteiger partial charge in [0.05, 0.1) is 13.4 Å². The van der Waals surface area contributed by atoms with E-state index in [4.69, 9.17) is 4.74 Å². The Morgan fingerprint density at radius 3 is 2.46 bits per heavy atom. The first-order chi connectivity index (χ1) is 6.27. The molecule has 70 valence electrons. The van der Waals surface area contributed by atoms with Crippen molar-refractivity contribution in [3.8, 4) is 0 Å². The summed E-state index contributed by atoms with van der Waals surface area (Å²) >= 11 is 0. The van der Waals surface area contributed by atoms with Crippen LogP contribution in [0.5, 0.6) is 0 Å². The van der Waals surface area contributed by atoms with E-state index in [-0.39, 0.29) is 5.82 Å². The highest BCUT2D eigenvalue weighted by Gasteiger charge is 1.98. The molecule has 0 aliphatic carbocycles. The molecule has 0 bridgehead atoms. The summed E-state index contributed by atoms with van der Waals surface area (Å²) in [4.78, 5) is 0. The summed E-state index contributed by atoms with van der Waals surface area (Å²) in [5.41, 5.74) is 2.08. The Morgan fingerprint density at radius 2 is 2.00 bits per heavy atom. The molecule has 0 heterocycles. The van der Waals surface area contributed by atoms with Crippen molar-refractivity contribution >= 4 is 5.57 Å². The highest BCUT2D eigenvalue weighted by molar-refractivity contribution is 5.64. The summed E-state index contributed by atoms with van der Waals surface area (Å²) in [6, 6.07) is 6.41. The maximum atomic E-state index is 12.6. The van der Waals surface area contributed by atoms with Gasteiger partial charge in [-0.1, -0.05) is 19.1 Å². The first-order valence-electron chi connectivity index (χ1n) is 4.25. The maximum absolute atomic E-state index is 12.6. The van der Waals surface area contributed by atoms with Crippen LogP contribution in [0.2, 0.25) is 0 Å². The monoisotopic (exact) mass is 180 g/mol. The zero-order chi connectivity index (χ0) is 9.68. The van der Waals surface area contributed by atoms with E-state index in [2.05, 4.69) is 0 Å². The van der Waals surface area contributed by atoms with Crippen LogP contribution in [0.4, 0.5) is 4.39 Å². The molecule has 0 aliphatic rings. The van der Waals surface area contributed by atoms with Crippen LogP contribution in [0.3, 0.4) is 0 Å². The predicted octanol–water partition coefficient (Wildman–Crippen LogP) is 3.22. The normalized spacial score (nSPS) is 11.5. The fourth-order valence-electron chi connectivity index (χ4n) is 1.16. The van der Waals surface area contributed by atoms with E-state index in [1.165, 1.54) is 12.1 Å². The highest BCUT2D eigenvalue weighted by Crippen LogP contribution is 2.17. The largest absolute Gasteiger partial charge is 0.504 e. The number of methoxy groups -OCH3 is 1. The van der Waals surface area contributed by atoms with Crippen LogP contribution in [0.25, 0.3) is 5.57 Å². The van der Waals surface area contributed by atoms with Crippen LogP contribution in [0.15, 0.2) is 30.5 Å². The molecule has 0 atom stereocenters. The number of hydrogen-bond acceptors (Lipinski definition) is 1. The van der Waals surface area contributed by atoms with Crippen molar-refractivity contribution in [2.45, 2.75) is 13.3 Å². The average Bonchev–Trinajstić information content (AvgIpc) is 2.16. The lowest BCUT2D eigenvalue weighted by Gasteiger charge is -2.03. The summed E-state index contributed by atoms with van der Waals surface area (Å²) in [5.74, 6) is -0.211. The van der Waals surface area contributed by atoms with Crippen LogP contribution >= 0.6 is 0 Å². The predicted molar refractivity (Wildman–Crippen MR) is 51.7 cm³/mol. The van der Waals surface area contributed by atoms with E-state index in [9.17, 15) is 4.39 Å². The molecule has 0 saturated heterocycles. The fraction of sp³-hybridized carbons (Fsp3) is 0.273. The molecule has 0 radical (unpaired) electrons. The van der Waals surface area contributed by atoms with Gasteiger partial charge in [-0.25, -0.2) is 4.39 Å². The fourth-order valence-corrected chi connectivity index (χ4v) is 1.16. The topological polar surface area (TPSA) is 9.23 Å². The number of rotatable bonds is 3. The van der Waals surface area contributed by atoms with Crippen LogP contribution in [-0.4, -0.2) is 7.11 Å². The summed E-state index contributed by atoms with van der Waals surface area (Å²) in [6.45, 7) is 2.04. The minimum Gasteiger partial charge on any atom is -0.504 e. The number of ether oxygens (including phenoxy) is 1. The molecule has 0 aliphatic heterocycles. The Labute approximate surface area is 77.8 Å². The third-order valence-electron chi connectivity index (χ3n) is 1.86. The molecular formula is C11H13FO. The lowest BCUT2D eigenvalue weighted by molar-refractivity contribution is 0.339. The smallest absolute Gasteiger partial charge is 0.123 e. The number of allylic oxidation sites excluding steroid dienone is 1. The summed E-state index contributed by atoms with van der Waals surface area (Å²) in [5, 5.41) is 0. The van der Waals surface area contributed by atoms with E-state index >= 15 is 0 Å². The molecule has 0 amide bonds. The summed E-state index contributed by atoms with van der Waals surface area (Å²) in [7, 11) is 1.61. The summed E-state index contributed by atoms with van der Waals surface area (Å²) < 4.78 is 17.5. The van der Waals surface area contributed by atoms with Gasteiger partial charge in [-0.15, -0.1) is 0 Å². The van der Waals surface area contributed by atoms with Crippen molar-refractivity contribution < 1.29 is 9.13 Å². The minimum absolute atomic E-state index is 0.211. The molecule has 0 unspecified atom stereocenters. The van der Waals surface area contributed by atoms with Gasteiger partial charge in [-0.2, -0.15) is 0 Å². The maximum Gasteiger partial charge on any atom is 0.123 e. The average molecular weight is 180 g/mol. The molecule has 2 heteroatoms. The SMILES string of the molecule is CC/C(=C\OC)c1ccc(F)cc1. The van der Waals surface area contributed by atoms with Gasteiger partial charge in [-0.3, -0.25) is 0 Å². The Hall–Kier alpha value is -1.31. The van der Waals surface area contributed by atoms with Crippen LogP contribution in [-0.2, 0) is 4.74 Å². The first-order valence-corrected chi connectivity index (χ1v) is 4.25. The van der Waals surface area contributed by atoms with Gasteiger partial charge in [-0.05, 0) is 29.7 Å². The molecule has 1 nitrogen and oxygen atoms in total. The van der Waals surface area contributed by atoms with Gasteiger partial charge >= 0.3 is 0 Å².